The summed E-state index contributed by atoms with van der Waals surface area (Å²) in [6.07, 6.45) is 3.73. The van der Waals surface area contributed by atoms with E-state index in [1.54, 1.807) is 0 Å². The molecule has 1 aliphatic rings. The fourth-order valence-electron chi connectivity index (χ4n) is 2.84. The highest BCUT2D eigenvalue weighted by atomic mass is 16.5. The predicted octanol–water partition coefficient (Wildman–Crippen LogP) is 2.12. The maximum Gasteiger partial charge on any atom is 0.0546 e. The van der Waals surface area contributed by atoms with Crippen LogP contribution in [-0.2, 0) is 4.74 Å². The molecule has 17 heavy (non-hydrogen) atoms. The zero-order valence-corrected chi connectivity index (χ0v) is 12.1. The van der Waals surface area contributed by atoms with Gasteiger partial charge >= 0.3 is 0 Å². The molecule has 0 bridgehead atoms. The number of rotatable bonds is 7. The fraction of sp³-hybridized carbons (Fsp3) is 1.00. The molecule has 1 fully saturated rings. The van der Waals surface area contributed by atoms with Crippen molar-refractivity contribution in [3.05, 3.63) is 0 Å². The second-order valence-electron chi connectivity index (χ2n) is 5.75. The zero-order chi connectivity index (χ0) is 12.7. The SMILES string of the molecule is CCCN(CC1(CNC)CCCOC1)C(C)C. The molecular weight excluding hydrogens is 212 g/mol. The highest BCUT2D eigenvalue weighted by Crippen LogP contribution is 2.29. The lowest BCUT2D eigenvalue weighted by atomic mass is 9.81. The Labute approximate surface area is 107 Å². The van der Waals surface area contributed by atoms with E-state index in [2.05, 4.69) is 38.0 Å². The van der Waals surface area contributed by atoms with Crippen molar-refractivity contribution in [3.8, 4) is 0 Å². The Morgan fingerprint density at radius 3 is 2.65 bits per heavy atom. The summed E-state index contributed by atoms with van der Waals surface area (Å²) in [7, 11) is 2.05. The lowest BCUT2D eigenvalue weighted by Crippen LogP contribution is -2.50. The summed E-state index contributed by atoms with van der Waals surface area (Å²) in [5.41, 5.74) is 0.326. The minimum atomic E-state index is 0.326. The van der Waals surface area contributed by atoms with Gasteiger partial charge in [-0.15, -0.1) is 0 Å². The molecule has 0 amide bonds. The minimum Gasteiger partial charge on any atom is -0.381 e. The molecular formula is C14H30N2O. The van der Waals surface area contributed by atoms with Crippen molar-refractivity contribution in [1.82, 2.24) is 10.2 Å². The van der Waals surface area contributed by atoms with Gasteiger partial charge in [-0.05, 0) is 46.7 Å². The number of nitrogens with zero attached hydrogens (tertiary/aromatic N) is 1. The maximum absolute atomic E-state index is 5.73. The van der Waals surface area contributed by atoms with Crippen LogP contribution in [0.2, 0.25) is 0 Å². The van der Waals surface area contributed by atoms with Crippen LogP contribution in [-0.4, -0.2) is 50.8 Å². The monoisotopic (exact) mass is 242 g/mol. The van der Waals surface area contributed by atoms with Crippen LogP contribution in [0.4, 0.5) is 0 Å². The van der Waals surface area contributed by atoms with Crippen LogP contribution in [0.3, 0.4) is 0 Å². The summed E-state index contributed by atoms with van der Waals surface area (Å²) in [5, 5.41) is 3.36. The Bertz CT molecular complexity index is 195. The van der Waals surface area contributed by atoms with E-state index >= 15 is 0 Å². The number of nitrogens with one attached hydrogen (secondary N) is 1. The van der Waals surface area contributed by atoms with Gasteiger partial charge in [-0.2, -0.15) is 0 Å². The van der Waals surface area contributed by atoms with Crippen LogP contribution in [0, 0.1) is 5.41 Å². The Morgan fingerprint density at radius 2 is 2.18 bits per heavy atom. The fourth-order valence-corrected chi connectivity index (χ4v) is 2.84. The third-order valence-electron chi connectivity index (χ3n) is 3.74. The molecule has 3 heteroatoms. The molecule has 0 aromatic heterocycles. The molecule has 0 radical (unpaired) electrons. The Morgan fingerprint density at radius 1 is 1.41 bits per heavy atom. The Hall–Kier alpha value is -0.120. The van der Waals surface area contributed by atoms with Gasteiger partial charge in [-0.1, -0.05) is 6.92 Å². The molecule has 1 atom stereocenters. The first-order chi connectivity index (χ1) is 8.13. The summed E-state index contributed by atoms with van der Waals surface area (Å²) < 4.78 is 5.73. The van der Waals surface area contributed by atoms with Gasteiger partial charge in [0, 0.05) is 31.2 Å². The molecule has 1 heterocycles. The van der Waals surface area contributed by atoms with Gasteiger partial charge in [-0.3, -0.25) is 0 Å². The Kier molecular flexibility index (Phi) is 6.45. The lowest BCUT2D eigenvalue weighted by Gasteiger charge is -2.42. The summed E-state index contributed by atoms with van der Waals surface area (Å²) in [5.74, 6) is 0. The van der Waals surface area contributed by atoms with Crippen LogP contribution in [0.25, 0.3) is 0 Å². The highest BCUT2D eigenvalue weighted by Gasteiger charge is 2.34. The molecule has 0 spiro atoms. The molecule has 3 nitrogen and oxygen atoms in total. The van der Waals surface area contributed by atoms with E-state index in [9.17, 15) is 0 Å². The van der Waals surface area contributed by atoms with Gasteiger partial charge in [0.1, 0.15) is 0 Å². The molecule has 1 aliphatic heterocycles. The molecule has 0 aromatic rings. The van der Waals surface area contributed by atoms with E-state index in [4.69, 9.17) is 4.74 Å². The molecule has 0 saturated carbocycles. The van der Waals surface area contributed by atoms with Crippen molar-refractivity contribution in [1.29, 1.82) is 0 Å². The van der Waals surface area contributed by atoms with Crippen molar-refractivity contribution in [2.75, 3.05) is 39.9 Å². The lowest BCUT2D eigenvalue weighted by molar-refractivity contribution is -0.0299. The standard InChI is InChI=1S/C14H30N2O/c1-5-8-16(13(2)3)11-14(10-15-4)7-6-9-17-12-14/h13,15H,5-12H2,1-4H3. The topological polar surface area (TPSA) is 24.5 Å². The van der Waals surface area contributed by atoms with Crippen molar-refractivity contribution < 1.29 is 4.74 Å². The van der Waals surface area contributed by atoms with E-state index in [1.807, 2.05) is 0 Å². The summed E-state index contributed by atoms with van der Waals surface area (Å²) >= 11 is 0. The highest BCUT2D eigenvalue weighted by molar-refractivity contribution is 4.87. The average molecular weight is 242 g/mol. The average Bonchev–Trinajstić information content (AvgIpc) is 2.30. The van der Waals surface area contributed by atoms with Crippen LogP contribution < -0.4 is 5.32 Å². The van der Waals surface area contributed by atoms with Crippen LogP contribution in [0.15, 0.2) is 0 Å². The van der Waals surface area contributed by atoms with E-state index in [0.29, 0.717) is 11.5 Å². The molecule has 1 rings (SSSR count). The minimum absolute atomic E-state index is 0.326. The first-order valence-corrected chi connectivity index (χ1v) is 7.10. The van der Waals surface area contributed by atoms with Crippen molar-refractivity contribution in [3.63, 3.8) is 0 Å². The smallest absolute Gasteiger partial charge is 0.0546 e. The molecule has 1 N–H and O–H groups in total. The second-order valence-corrected chi connectivity index (χ2v) is 5.75. The van der Waals surface area contributed by atoms with Gasteiger partial charge in [0.05, 0.1) is 6.61 Å². The molecule has 0 aromatic carbocycles. The van der Waals surface area contributed by atoms with Crippen molar-refractivity contribution in [2.45, 2.75) is 46.1 Å². The van der Waals surface area contributed by atoms with Gasteiger partial charge < -0.3 is 15.0 Å². The first-order valence-electron chi connectivity index (χ1n) is 7.10. The number of hydrogen-bond acceptors (Lipinski definition) is 3. The normalized spacial score (nSPS) is 25.8. The van der Waals surface area contributed by atoms with Gasteiger partial charge in [0.2, 0.25) is 0 Å². The van der Waals surface area contributed by atoms with E-state index in [1.165, 1.54) is 32.4 Å². The van der Waals surface area contributed by atoms with Gasteiger partial charge in [0.15, 0.2) is 0 Å². The third-order valence-corrected chi connectivity index (χ3v) is 3.74. The summed E-state index contributed by atoms with van der Waals surface area (Å²) in [6, 6.07) is 0.630. The van der Waals surface area contributed by atoms with E-state index in [0.717, 1.165) is 19.8 Å². The van der Waals surface area contributed by atoms with Crippen LogP contribution in [0.5, 0.6) is 0 Å². The zero-order valence-electron chi connectivity index (χ0n) is 12.1. The first kappa shape index (κ1) is 14.9. The molecule has 102 valence electrons. The quantitative estimate of drug-likeness (QED) is 0.740. The predicted molar refractivity (Wildman–Crippen MR) is 73.4 cm³/mol. The number of hydrogen-bond donors (Lipinski definition) is 1. The van der Waals surface area contributed by atoms with Crippen molar-refractivity contribution >= 4 is 0 Å². The third kappa shape index (κ3) is 4.57. The van der Waals surface area contributed by atoms with Gasteiger partial charge in [0.25, 0.3) is 0 Å². The largest absolute Gasteiger partial charge is 0.381 e. The second kappa shape index (κ2) is 7.34. The molecule has 1 saturated heterocycles. The Balaban J connectivity index is 2.62. The maximum atomic E-state index is 5.73. The van der Waals surface area contributed by atoms with E-state index < -0.39 is 0 Å². The summed E-state index contributed by atoms with van der Waals surface area (Å²) in [4.78, 5) is 2.60. The van der Waals surface area contributed by atoms with Crippen LogP contribution in [0.1, 0.15) is 40.0 Å². The van der Waals surface area contributed by atoms with Gasteiger partial charge in [-0.25, -0.2) is 0 Å². The molecule has 1 unspecified atom stereocenters. The summed E-state index contributed by atoms with van der Waals surface area (Å²) in [6.45, 7) is 12.2. The van der Waals surface area contributed by atoms with Crippen molar-refractivity contribution in [2.24, 2.45) is 5.41 Å². The number of ether oxygens (including phenoxy) is 1. The van der Waals surface area contributed by atoms with Crippen LogP contribution >= 0.6 is 0 Å². The molecule has 0 aliphatic carbocycles. The van der Waals surface area contributed by atoms with E-state index in [-0.39, 0.29) is 0 Å².